The lowest BCUT2D eigenvalue weighted by molar-refractivity contribution is 0.174. The second kappa shape index (κ2) is 6.61. The fourth-order valence-corrected chi connectivity index (χ4v) is 1.42. The van der Waals surface area contributed by atoms with Gasteiger partial charge in [-0.2, -0.15) is 0 Å². The molecule has 0 aliphatic rings. The summed E-state index contributed by atoms with van der Waals surface area (Å²) in [6.45, 7) is 2.49. The maximum absolute atomic E-state index is 8.83. The number of hydrogen-bond donors (Lipinski definition) is 1. The first-order valence-corrected chi connectivity index (χ1v) is 5.12. The summed E-state index contributed by atoms with van der Waals surface area (Å²) in [5, 5.41) is 8.83. The smallest absolute Gasteiger partial charge is 0.129 e. The van der Waals surface area contributed by atoms with Crippen LogP contribution in [-0.4, -0.2) is 37.3 Å². The Hall–Kier alpha value is -0.840. The highest BCUT2D eigenvalue weighted by Crippen LogP contribution is 2.09. The van der Waals surface area contributed by atoms with E-state index in [1.54, 1.807) is 13.2 Å². The number of ether oxygens (including phenoxy) is 1. The lowest BCUT2D eigenvalue weighted by Crippen LogP contribution is -2.19. The number of hydrogen-bond acceptors (Lipinski definition) is 4. The molecule has 4 nitrogen and oxygen atoms in total. The molecule has 0 aliphatic heterocycles. The summed E-state index contributed by atoms with van der Waals surface area (Å²) >= 11 is 0. The molecule has 0 spiro atoms. The number of furan rings is 1. The quantitative estimate of drug-likeness (QED) is 0.692. The number of rotatable bonds is 7. The van der Waals surface area contributed by atoms with Gasteiger partial charge in [-0.25, -0.2) is 0 Å². The van der Waals surface area contributed by atoms with Crippen LogP contribution in [0.25, 0.3) is 0 Å². The summed E-state index contributed by atoms with van der Waals surface area (Å²) in [6.07, 6.45) is 1.01. The monoisotopic (exact) mass is 213 g/mol. The molecule has 0 amide bonds. The standard InChI is InChI=1S/C11H19NO3/c1-12(6-3-7-14-2)8-10-4-5-11(9-13)15-10/h4-5,13H,3,6-9H2,1-2H3. The molecule has 4 heteroatoms. The van der Waals surface area contributed by atoms with Crippen LogP contribution in [0.15, 0.2) is 16.5 Å². The van der Waals surface area contributed by atoms with Crippen LogP contribution in [0.1, 0.15) is 17.9 Å². The first-order valence-electron chi connectivity index (χ1n) is 5.12. The highest BCUT2D eigenvalue weighted by atomic mass is 16.5. The van der Waals surface area contributed by atoms with Crippen molar-refractivity contribution in [2.24, 2.45) is 0 Å². The van der Waals surface area contributed by atoms with Crippen LogP contribution in [0, 0.1) is 0 Å². The van der Waals surface area contributed by atoms with E-state index in [0.29, 0.717) is 5.76 Å². The number of methoxy groups -OCH3 is 1. The Kier molecular flexibility index (Phi) is 5.39. The fourth-order valence-electron chi connectivity index (χ4n) is 1.42. The second-order valence-electron chi connectivity index (χ2n) is 3.61. The minimum Gasteiger partial charge on any atom is -0.462 e. The zero-order chi connectivity index (χ0) is 11.1. The highest BCUT2D eigenvalue weighted by Gasteiger charge is 2.04. The van der Waals surface area contributed by atoms with Crippen LogP contribution in [0.2, 0.25) is 0 Å². The summed E-state index contributed by atoms with van der Waals surface area (Å²) < 4.78 is 10.4. The van der Waals surface area contributed by atoms with Crippen molar-refractivity contribution >= 4 is 0 Å². The Morgan fingerprint density at radius 3 is 2.73 bits per heavy atom. The molecule has 1 rings (SSSR count). The van der Waals surface area contributed by atoms with E-state index in [1.165, 1.54) is 0 Å². The van der Waals surface area contributed by atoms with Gasteiger partial charge in [-0.3, -0.25) is 4.90 Å². The maximum atomic E-state index is 8.83. The van der Waals surface area contributed by atoms with Crippen molar-refractivity contribution in [1.29, 1.82) is 0 Å². The zero-order valence-corrected chi connectivity index (χ0v) is 9.40. The van der Waals surface area contributed by atoms with Crippen molar-refractivity contribution < 1.29 is 14.3 Å². The van der Waals surface area contributed by atoms with Crippen LogP contribution in [0.4, 0.5) is 0 Å². The Morgan fingerprint density at radius 2 is 2.13 bits per heavy atom. The molecule has 0 unspecified atom stereocenters. The van der Waals surface area contributed by atoms with E-state index in [0.717, 1.165) is 31.9 Å². The van der Waals surface area contributed by atoms with Crippen molar-refractivity contribution in [2.45, 2.75) is 19.6 Å². The van der Waals surface area contributed by atoms with Gasteiger partial charge in [0.05, 0.1) is 6.54 Å². The summed E-state index contributed by atoms with van der Waals surface area (Å²) in [7, 11) is 3.75. The third-order valence-corrected chi connectivity index (χ3v) is 2.19. The molecule has 0 fully saturated rings. The van der Waals surface area contributed by atoms with Gasteiger partial charge in [-0.05, 0) is 25.6 Å². The van der Waals surface area contributed by atoms with E-state index in [1.807, 2.05) is 13.1 Å². The van der Waals surface area contributed by atoms with Gasteiger partial charge < -0.3 is 14.3 Å². The maximum Gasteiger partial charge on any atom is 0.129 e. The molecule has 0 bridgehead atoms. The van der Waals surface area contributed by atoms with Gasteiger partial charge in [0.1, 0.15) is 18.1 Å². The average molecular weight is 213 g/mol. The summed E-state index contributed by atoms with van der Waals surface area (Å²) in [5.41, 5.74) is 0. The fraction of sp³-hybridized carbons (Fsp3) is 0.636. The molecule has 1 aromatic heterocycles. The molecule has 0 radical (unpaired) electrons. The number of aliphatic hydroxyl groups is 1. The lowest BCUT2D eigenvalue weighted by Gasteiger charge is -2.14. The van der Waals surface area contributed by atoms with Gasteiger partial charge >= 0.3 is 0 Å². The van der Waals surface area contributed by atoms with Crippen LogP contribution in [-0.2, 0) is 17.9 Å². The molecular weight excluding hydrogens is 194 g/mol. The number of nitrogens with zero attached hydrogens (tertiary/aromatic N) is 1. The van der Waals surface area contributed by atoms with E-state index >= 15 is 0 Å². The van der Waals surface area contributed by atoms with Gasteiger partial charge in [0.25, 0.3) is 0 Å². The van der Waals surface area contributed by atoms with Crippen LogP contribution >= 0.6 is 0 Å². The Balaban J connectivity index is 2.27. The topological polar surface area (TPSA) is 45.8 Å². The van der Waals surface area contributed by atoms with Crippen LogP contribution < -0.4 is 0 Å². The van der Waals surface area contributed by atoms with Crippen LogP contribution in [0.5, 0.6) is 0 Å². The number of aliphatic hydroxyl groups excluding tert-OH is 1. The first kappa shape index (κ1) is 12.2. The second-order valence-corrected chi connectivity index (χ2v) is 3.61. The molecule has 0 atom stereocenters. The third-order valence-electron chi connectivity index (χ3n) is 2.19. The molecule has 86 valence electrons. The highest BCUT2D eigenvalue weighted by molar-refractivity contribution is 5.06. The molecule has 1 aromatic rings. The van der Waals surface area contributed by atoms with Crippen LogP contribution in [0.3, 0.4) is 0 Å². The SMILES string of the molecule is COCCCN(C)Cc1ccc(CO)o1. The predicted molar refractivity (Wildman–Crippen MR) is 57.5 cm³/mol. The van der Waals surface area contributed by atoms with Crippen molar-refractivity contribution in [2.75, 3.05) is 27.3 Å². The average Bonchev–Trinajstić information content (AvgIpc) is 2.66. The predicted octanol–water partition coefficient (Wildman–Crippen LogP) is 1.24. The molecule has 1 N–H and O–H groups in total. The normalized spacial score (nSPS) is 11.2. The molecule has 0 aliphatic carbocycles. The molecule has 15 heavy (non-hydrogen) atoms. The molecular formula is C11H19NO3. The van der Waals surface area contributed by atoms with E-state index < -0.39 is 0 Å². The van der Waals surface area contributed by atoms with E-state index in [4.69, 9.17) is 14.3 Å². The lowest BCUT2D eigenvalue weighted by atomic mass is 10.3. The van der Waals surface area contributed by atoms with Crippen molar-refractivity contribution in [3.05, 3.63) is 23.7 Å². The summed E-state index contributed by atoms with van der Waals surface area (Å²) in [4.78, 5) is 2.17. The zero-order valence-electron chi connectivity index (χ0n) is 9.40. The Labute approximate surface area is 90.4 Å². The minimum absolute atomic E-state index is 0.0343. The molecule has 1 heterocycles. The Bertz CT molecular complexity index is 273. The largest absolute Gasteiger partial charge is 0.462 e. The first-order chi connectivity index (χ1) is 7.26. The molecule has 0 saturated heterocycles. The van der Waals surface area contributed by atoms with Gasteiger partial charge in [-0.1, -0.05) is 0 Å². The third kappa shape index (κ3) is 4.46. The van der Waals surface area contributed by atoms with E-state index in [9.17, 15) is 0 Å². The van der Waals surface area contributed by atoms with Gasteiger partial charge in [0.15, 0.2) is 0 Å². The van der Waals surface area contributed by atoms with E-state index in [2.05, 4.69) is 4.90 Å². The van der Waals surface area contributed by atoms with Crippen molar-refractivity contribution in [1.82, 2.24) is 4.90 Å². The summed E-state index contributed by atoms with van der Waals surface area (Å²) in [6, 6.07) is 3.71. The van der Waals surface area contributed by atoms with Gasteiger partial charge in [0, 0.05) is 20.3 Å². The van der Waals surface area contributed by atoms with Gasteiger partial charge in [-0.15, -0.1) is 0 Å². The van der Waals surface area contributed by atoms with Crippen molar-refractivity contribution in [3.63, 3.8) is 0 Å². The summed E-state index contributed by atoms with van der Waals surface area (Å²) in [5.74, 6) is 1.51. The minimum atomic E-state index is -0.0343. The molecule has 0 saturated carbocycles. The van der Waals surface area contributed by atoms with E-state index in [-0.39, 0.29) is 6.61 Å². The van der Waals surface area contributed by atoms with Crippen molar-refractivity contribution in [3.8, 4) is 0 Å². The Morgan fingerprint density at radius 1 is 1.40 bits per heavy atom. The van der Waals surface area contributed by atoms with Gasteiger partial charge in [0.2, 0.25) is 0 Å². The molecule has 0 aromatic carbocycles.